The van der Waals surface area contributed by atoms with Gasteiger partial charge in [0.1, 0.15) is 11.5 Å². The highest BCUT2D eigenvalue weighted by atomic mass is 32.1. The Labute approximate surface area is 130 Å². The van der Waals surface area contributed by atoms with Crippen molar-refractivity contribution in [2.75, 3.05) is 19.8 Å². The molecule has 4 heteroatoms. The normalized spacial score (nSPS) is 10.6. The molecule has 2 aromatic rings. The molecule has 0 fully saturated rings. The van der Waals surface area contributed by atoms with Gasteiger partial charge in [-0.1, -0.05) is 19.1 Å². The SMILES string of the molecule is CCCOc1ccc(CCN)c(OCCc2cccs2)c1. The second kappa shape index (κ2) is 8.70. The first-order chi connectivity index (χ1) is 10.3. The zero-order valence-corrected chi connectivity index (χ0v) is 13.3. The fourth-order valence-electron chi connectivity index (χ4n) is 2.06. The Morgan fingerprint density at radius 1 is 1.10 bits per heavy atom. The maximum atomic E-state index is 5.95. The highest BCUT2D eigenvalue weighted by molar-refractivity contribution is 7.09. The molecule has 21 heavy (non-hydrogen) atoms. The number of benzene rings is 1. The van der Waals surface area contributed by atoms with Gasteiger partial charge in [-0.2, -0.15) is 0 Å². The molecular weight excluding hydrogens is 282 g/mol. The van der Waals surface area contributed by atoms with Crippen LogP contribution in [-0.4, -0.2) is 19.8 Å². The quantitative estimate of drug-likeness (QED) is 0.769. The number of hydrogen-bond donors (Lipinski definition) is 1. The van der Waals surface area contributed by atoms with Gasteiger partial charge in [0.15, 0.2) is 0 Å². The molecule has 0 unspecified atom stereocenters. The van der Waals surface area contributed by atoms with Gasteiger partial charge in [-0.05, 0) is 42.5 Å². The third-order valence-electron chi connectivity index (χ3n) is 3.11. The van der Waals surface area contributed by atoms with E-state index in [1.807, 2.05) is 12.1 Å². The molecular formula is C17H23NO2S. The second-order valence-corrected chi connectivity index (χ2v) is 5.87. The molecule has 0 saturated heterocycles. The summed E-state index contributed by atoms with van der Waals surface area (Å²) in [4.78, 5) is 1.34. The van der Waals surface area contributed by atoms with E-state index in [1.165, 1.54) is 4.88 Å². The van der Waals surface area contributed by atoms with Crippen LogP contribution in [0.1, 0.15) is 23.8 Å². The topological polar surface area (TPSA) is 44.5 Å². The lowest BCUT2D eigenvalue weighted by molar-refractivity contribution is 0.302. The lowest BCUT2D eigenvalue weighted by Gasteiger charge is -2.13. The van der Waals surface area contributed by atoms with E-state index in [0.717, 1.165) is 42.9 Å². The van der Waals surface area contributed by atoms with Crippen LogP contribution in [-0.2, 0) is 12.8 Å². The molecule has 0 radical (unpaired) electrons. The molecule has 0 aliphatic carbocycles. The van der Waals surface area contributed by atoms with Crippen molar-refractivity contribution in [3.05, 3.63) is 46.2 Å². The van der Waals surface area contributed by atoms with Crippen LogP contribution in [0.5, 0.6) is 11.5 Å². The first-order valence-electron chi connectivity index (χ1n) is 7.44. The summed E-state index contributed by atoms with van der Waals surface area (Å²) in [5.74, 6) is 1.76. The molecule has 114 valence electrons. The first kappa shape index (κ1) is 15.9. The van der Waals surface area contributed by atoms with Crippen LogP contribution in [0.15, 0.2) is 35.7 Å². The minimum Gasteiger partial charge on any atom is -0.493 e. The molecule has 0 spiro atoms. The van der Waals surface area contributed by atoms with Crippen LogP contribution in [0.25, 0.3) is 0 Å². The summed E-state index contributed by atoms with van der Waals surface area (Å²) in [5.41, 5.74) is 6.81. The Kier molecular flexibility index (Phi) is 6.57. The van der Waals surface area contributed by atoms with Gasteiger partial charge >= 0.3 is 0 Å². The summed E-state index contributed by atoms with van der Waals surface area (Å²) in [6.07, 6.45) is 2.75. The number of ether oxygens (including phenoxy) is 2. The van der Waals surface area contributed by atoms with Gasteiger partial charge in [-0.3, -0.25) is 0 Å². The monoisotopic (exact) mass is 305 g/mol. The Morgan fingerprint density at radius 2 is 2.00 bits per heavy atom. The smallest absolute Gasteiger partial charge is 0.126 e. The predicted molar refractivity (Wildman–Crippen MR) is 88.5 cm³/mol. The highest BCUT2D eigenvalue weighted by Crippen LogP contribution is 2.26. The average molecular weight is 305 g/mol. The summed E-state index contributed by atoms with van der Waals surface area (Å²) in [7, 11) is 0. The van der Waals surface area contributed by atoms with Gasteiger partial charge in [0.05, 0.1) is 13.2 Å². The standard InChI is InChI=1S/C17H23NO2S/c1-2-10-19-15-6-5-14(7-9-18)17(13-15)20-11-8-16-4-3-12-21-16/h3-6,12-13H,2,7-11,18H2,1H3. The zero-order chi connectivity index (χ0) is 14.9. The third kappa shape index (κ3) is 5.06. The van der Waals surface area contributed by atoms with Crippen LogP contribution in [0, 0.1) is 0 Å². The van der Waals surface area contributed by atoms with Crippen molar-refractivity contribution in [1.29, 1.82) is 0 Å². The third-order valence-corrected chi connectivity index (χ3v) is 4.05. The van der Waals surface area contributed by atoms with Gasteiger partial charge in [0.2, 0.25) is 0 Å². The van der Waals surface area contributed by atoms with Crippen molar-refractivity contribution in [2.45, 2.75) is 26.2 Å². The fourth-order valence-corrected chi connectivity index (χ4v) is 2.75. The minimum absolute atomic E-state index is 0.621. The maximum absolute atomic E-state index is 5.95. The van der Waals surface area contributed by atoms with Crippen LogP contribution in [0.4, 0.5) is 0 Å². The largest absolute Gasteiger partial charge is 0.493 e. The predicted octanol–water partition coefficient (Wildman–Crippen LogP) is 3.66. The van der Waals surface area contributed by atoms with E-state index in [1.54, 1.807) is 11.3 Å². The summed E-state index contributed by atoms with van der Waals surface area (Å²) < 4.78 is 11.6. The number of thiophene rings is 1. The molecule has 2 rings (SSSR count). The van der Waals surface area contributed by atoms with E-state index in [0.29, 0.717) is 13.2 Å². The number of nitrogens with two attached hydrogens (primary N) is 1. The lowest BCUT2D eigenvalue weighted by Crippen LogP contribution is -2.07. The summed E-state index contributed by atoms with van der Waals surface area (Å²) in [6.45, 7) is 4.12. The van der Waals surface area contributed by atoms with Gasteiger partial charge in [0.25, 0.3) is 0 Å². The molecule has 2 N–H and O–H groups in total. The van der Waals surface area contributed by atoms with E-state index in [2.05, 4.69) is 30.5 Å². The molecule has 1 aromatic carbocycles. The van der Waals surface area contributed by atoms with E-state index in [9.17, 15) is 0 Å². The van der Waals surface area contributed by atoms with Crippen molar-refractivity contribution < 1.29 is 9.47 Å². The van der Waals surface area contributed by atoms with E-state index in [-0.39, 0.29) is 0 Å². The van der Waals surface area contributed by atoms with E-state index >= 15 is 0 Å². The molecule has 0 aliphatic rings. The van der Waals surface area contributed by atoms with Gasteiger partial charge in [0, 0.05) is 17.4 Å². The average Bonchev–Trinajstić information content (AvgIpc) is 3.01. The van der Waals surface area contributed by atoms with E-state index < -0.39 is 0 Å². The molecule has 0 atom stereocenters. The van der Waals surface area contributed by atoms with Crippen molar-refractivity contribution in [1.82, 2.24) is 0 Å². The molecule has 0 amide bonds. The first-order valence-corrected chi connectivity index (χ1v) is 8.32. The van der Waals surface area contributed by atoms with Crippen LogP contribution < -0.4 is 15.2 Å². The Morgan fingerprint density at radius 3 is 2.71 bits per heavy atom. The van der Waals surface area contributed by atoms with Gasteiger partial charge in [-0.25, -0.2) is 0 Å². The van der Waals surface area contributed by atoms with Crippen molar-refractivity contribution in [2.24, 2.45) is 5.73 Å². The number of rotatable bonds is 9. The maximum Gasteiger partial charge on any atom is 0.126 e. The Balaban J connectivity index is 1.99. The Bertz CT molecular complexity index is 526. The number of hydrogen-bond acceptors (Lipinski definition) is 4. The second-order valence-electron chi connectivity index (χ2n) is 4.83. The summed E-state index contributed by atoms with van der Waals surface area (Å²) in [6, 6.07) is 10.2. The highest BCUT2D eigenvalue weighted by Gasteiger charge is 2.06. The minimum atomic E-state index is 0.621. The fraction of sp³-hybridized carbons (Fsp3) is 0.412. The van der Waals surface area contributed by atoms with E-state index in [4.69, 9.17) is 15.2 Å². The van der Waals surface area contributed by atoms with Gasteiger partial charge < -0.3 is 15.2 Å². The zero-order valence-electron chi connectivity index (χ0n) is 12.5. The van der Waals surface area contributed by atoms with Crippen LogP contribution >= 0.6 is 11.3 Å². The molecule has 0 saturated carbocycles. The molecule has 3 nitrogen and oxygen atoms in total. The molecule has 0 bridgehead atoms. The molecule has 1 aromatic heterocycles. The lowest BCUT2D eigenvalue weighted by atomic mass is 10.1. The van der Waals surface area contributed by atoms with Crippen molar-refractivity contribution in [3.63, 3.8) is 0 Å². The molecule has 1 heterocycles. The van der Waals surface area contributed by atoms with Crippen LogP contribution in [0.2, 0.25) is 0 Å². The summed E-state index contributed by atoms with van der Waals surface area (Å²) >= 11 is 1.76. The Hall–Kier alpha value is -1.52. The van der Waals surface area contributed by atoms with Gasteiger partial charge in [-0.15, -0.1) is 11.3 Å². The van der Waals surface area contributed by atoms with Crippen molar-refractivity contribution >= 4 is 11.3 Å². The molecule has 0 aliphatic heterocycles. The van der Waals surface area contributed by atoms with Crippen molar-refractivity contribution in [3.8, 4) is 11.5 Å². The summed E-state index contributed by atoms with van der Waals surface area (Å²) in [5, 5.41) is 2.09. The van der Waals surface area contributed by atoms with Crippen LogP contribution in [0.3, 0.4) is 0 Å².